The first-order valence-electron chi connectivity index (χ1n) is 15.7. The number of aromatic nitrogens is 4. The van der Waals surface area contributed by atoms with E-state index in [9.17, 15) is 13.2 Å². The van der Waals surface area contributed by atoms with Gasteiger partial charge in [-0.2, -0.15) is 5.10 Å². The predicted molar refractivity (Wildman–Crippen MR) is 188 cm³/mol. The second kappa shape index (κ2) is 13.6. The Labute approximate surface area is 288 Å². The van der Waals surface area contributed by atoms with E-state index in [1.807, 2.05) is 66.2 Å². The molecule has 0 spiro atoms. The number of aryl methyl sites for hydroxylation is 1. The van der Waals surface area contributed by atoms with E-state index in [2.05, 4.69) is 56.8 Å². The number of anilines is 1. The van der Waals surface area contributed by atoms with Crippen LogP contribution in [0.2, 0.25) is 0 Å². The van der Waals surface area contributed by atoms with Gasteiger partial charge in [-0.05, 0) is 48.6 Å². The maximum atomic E-state index is 13.5. The number of hydrogen-bond acceptors (Lipinski definition) is 9. The van der Waals surface area contributed by atoms with E-state index >= 15 is 0 Å². The maximum Gasteiger partial charge on any atom is 0.280 e. The Morgan fingerprint density at radius 2 is 1.45 bits per heavy atom. The fourth-order valence-electron chi connectivity index (χ4n) is 5.78. The van der Waals surface area contributed by atoms with Crippen LogP contribution in [-0.4, -0.2) is 45.0 Å². The third-order valence-corrected chi connectivity index (χ3v) is 11.4. The van der Waals surface area contributed by atoms with Gasteiger partial charge in [-0.3, -0.25) is 10.1 Å². The van der Waals surface area contributed by atoms with Crippen molar-refractivity contribution in [3.8, 4) is 0 Å². The van der Waals surface area contributed by atoms with E-state index in [-0.39, 0.29) is 22.5 Å². The van der Waals surface area contributed by atoms with E-state index in [0.29, 0.717) is 29.4 Å². The van der Waals surface area contributed by atoms with E-state index in [4.69, 9.17) is 9.94 Å². The summed E-state index contributed by atoms with van der Waals surface area (Å²) in [5.41, 5.74) is 2.46. The number of oxime groups is 1. The molecular formula is C37H32N6O4S2. The van der Waals surface area contributed by atoms with E-state index in [0.717, 1.165) is 21.6 Å². The van der Waals surface area contributed by atoms with Gasteiger partial charge in [0.2, 0.25) is 0 Å². The van der Waals surface area contributed by atoms with Crippen LogP contribution in [0.4, 0.5) is 5.13 Å². The number of benzene rings is 4. The second-order valence-electron chi connectivity index (χ2n) is 11.6. The maximum absolute atomic E-state index is 13.5. The van der Waals surface area contributed by atoms with Crippen molar-refractivity contribution in [2.45, 2.75) is 42.1 Å². The van der Waals surface area contributed by atoms with Crippen LogP contribution in [0.5, 0.6) is 0 Å². The first kappa shape index (κ1) is 32.1. The number of amides is 1. The largest absolute Gasteiger partial charge is 0.387 e. The molecule has 1 aliphatic rings. The Hall–Kier alpha value is -5.46. The van der Waals surface area contributed by atoms with Crippen molar-refractivity contribution in [1.29, 1.82) is 0 Å². The third-order valence-electron chi connectivity index (χ3n) is 8.28. The number of nitrogens with one attached hydrogen (secondary N) is 1. The summed E-state index contributed by atoms with van der Waals surface area (Å²) in [4.78, 5) is 29.2. The number of rotatable bonds is 12. The highest BCUT2D eigenvalue weighted by molar-refractivity contribution is 7.92. The lowest BCUT2D eigenvalue weighted by Crippen LogP contribution is -2.38. The summed E-state index contributed by atoms with van der Waals surface area (Å²) in [5.74, 6) is -0.209. The zero-order valence-electron chi connectivity index (χ0n) is 26.5. The molecule has 0 atom stereocenters. The van der Waals surface area contributed by atoms with Gasteiger partial charge in [-0.15, -0.1) is 11.3 Å². The molecule has 0 unspecified atom stereocenters. The normalized spacial score (nSPS) is 13.6. The van der Waals surface area contributed by atoms with Crippen molar-refractivity contribution in [1.82, 2.24) is 19.7 Å². The fourth-order valence-corrected chi connectivity index (χ4v) is 8.10. The van der Waals surface area contributed by atoms with Crippen LogP contribution < -0.4 is 5.32 Å². The summed E-state index contributed by atoms with van der Waals surface area (Å²) in [6.07, 6.45) is 4.65. The number of carbonyl (C=O) groups excluding carboxylic acids is 1. The Morgan fingerprint density at radius 3 is 1.96 bits per heavy atom. The Balaban J connectivity index is 1.21. The molecule has 1 aliphatic carbocycles. The van der Waals surface area contributed by atoms with Gasteiger partial charge in [0.1, 0.15) is 11.9 Å². The molecule has 1 saturated carbocycles. The number of carbonyl (C=O) groups is 1. The van der Waals surface area contributed by atoms with Crippen molar-refractivity contribution in [3.63, 3.8) is 0 Å². The van der Waals surface area contributed by atoms with Gasteiger partial charge in [0, 0.05) is 16.6 Å². The summed E-state index contributed by atoms with van der Waals surface area (Å²) in [6, 6.07) is 36.5. The Kier molecular flexibility index (Phi) is 8.89. The van der Waals surface area contributed by atoms with Crippen molar-refractivity contribution in [3.05, 3.63) is 161 Å². The van der Waals surface area contributed by atoms with Crippen LogP contribution in [0, 0.1) is 6.92 Å². The standard InChI is InChI=1S/C37H32N6O4S2/c1-26-23-38-36(48-26)40-35(44)34(27-17-19-31(20-18-27)49(45,46)32-21-22-32)42-47-24-33-39-25-43(41-33)37(28-11-5-2-6-12-28,29-13-7-3-8-14-29)30-15-9-4-10-16-30/h2-20,23,25,32H,21-22,24H2,1H3,(H,38,40,44)/b42-34+. The van der Waals surface area contributed by atoms with Crippen LogP contribution >= 0.6 is 11.3 Å². The van der Waals surface area contributed by atoms with Crippen LogP contribution in [0.25, 0.3) is 0 Å². The summed E-state index contributed by atoms with van der Waals surface area (Å²) in [7, 11) is -3.40. The summed E-state index contributed by atoms with van der Waals surface area (Å²) in [6.45, 7) is 1.75. The average molecular weight is 689 g/mol. The molecule has 1 N–H and O–H groups in total. The molecule has 1 amide bonds. The predicted octanol–water partition coefficient (Wildman–Crippen LogP) is 6.38. The van der Waals surface area contributed by atoms with Crippen LogP contribution in [0.15, 0.2) is 138 Å². The van der Waals surface area contributed by atoms with Gasteiger partial charge < -0.3 is 4.84 Å². The lowest BCUT2D eigenvalue weighted by atomic mass is 9.77. The molecule has 10 nitrogen and oxygen atoms in total. The van der Waals surface area contributed by atoms with Gasteiger partial charge in [0.15, 0.2) is 33.1 Å². The van der Waals surface area contributed by atoms with Crippen LogP contribution in [-0.2, 0) is 31.6 Å². The van der Waals surface area contributed by atoms with Crippen molar-refractivity contribution in [2.24, 2.45) is 5.16 Å². The number of sulfone groups is 1. The van der Waals surface area contributed by atoms with Crippen LogP contribution in [0.3, 0.4) is 0 Å². The topological polar surface area (TPSA) is 128 Å². The minimum atomic E-state index is -3.40. The van der Waals surface area contributed by atoms with E-state index < -0.39 is 21.3 Å². The molecular weight excluding hydrogens is 657 g/mol. The highest BCUT2D eigenvalue weighted by atomic mass is 32.2. The van der Waals surface area contributed by atoms with Gasteiger partial charge >= 0.3 is 0 Å². The van der Waals surface area contributed by atoms with Gasteiger partial charge in [0.25, 0.3) is 5.91 Å². The summed E-state index contributed by atoms with van der Waals surface area (Å²) in [5, 5.41) is 11.9. The quantitative estimate of drug-likeness (QED) is 0.0898. The molecule has 246 valence electrons. The molecule has 0 bridgehead atoms. The second-order valence-corrected chi connectivity index (χ2v) is 15.1. The molecule has 0 radical (unpaired) electrons. The minimum Gasteiger partial charge on any atom is -0.387 e. The molecule has 49 heavy (non-hydrogen) atoms. The van der Waals surface area contributed by atoms with E-state index in [1.54, 1.807) is 24.7 Å². The van der Waals surface area contributed by atoms with Crippen molar-refractivity contribution < 1.29 is 18.0 Å². The number of hydrogen-bond donors (Lipinski definition) is 1. The molecule has 2 aromatic heterocycles. The van der Waals surface area contributed by atoms with Crippen LogP contribution in [0.1, 0.15) is 45.8 Å². The van der Waals surface area contributed by atoms with Crippen molar-refractivity contribution >= 4 is 37.9 Å². The third kappa shape index (κ3) is 6.52. The number of thiazole rings is 1. The Bertz CT molecular complexity index is 2100. The molecule has 7 rings (SSSR count). The highest BCUT2D eigenvalue weighted by Crippen LogP contribution is 2.40. The van der Waals surface area contributed by atoms with Gasteiger partial charge in [-0.25, -0.2) is 23.1 Å². The van der Waals surface area contributed by atoms with Gasteiger partial charge in [-0.1, -0.05) is 108 Å². The fraction of sp³-hybridized carbons (Fsp3) is 0.162. The number of nitrogens with zero attached hydrogens (tertiary/aromatic N) is 5. The lowest BCUT2D eigenvalue weighted by molar-refractivity contribution is -0.110. The molecule has 2 heterocycles. The first-order chi connectivity index (χ1) is 23.9. The zero-order chi connectivity index (χ0) is 33.8. The Morgan fingerprint density at radius 1 is 0.878 bits per heavy atom. The molecule has 6 aromatic rings. The SMILES string of the molecule is Cc1cnc(NC(=O)/C(=N/OCc2ncn(C(c3ccccc3)(c3ccccc3)c3ccccc3)n2)c2ccc(S(=O)(=O)C3CC3)cc2)s1. The molecule has 1 fully saturated rings. The molecule has 0 aliphatic heterocycles. The summed E-state index contributed by atoms with van der Waals surface area (Å²) >= 11 is 1.32. The zero-order valence-corrected chi connectivity index (χ0v) is 28.1. The first-order valence-corrected chi connectivity index (χ1v) is 18.1. The average Bonchev–Trinajstić information content (AvgIpc) is 3.78. The van der Waals surface area contributed by atoms with Crippen molar-refractivity contribution in [2.75, 3.05) is 5.32 Å². The monoisotopic (exact) mass is 688 g/mol. The lowest BCUT2D eigenvalue weighted by Gasteiger charge is -2.35. The van der Waals surface area contributed by atoms with Gasteiger partial charge in [0.05, 0.1) is 10.1 Å². The van der Waals surface area contributed by atoms with E-state index in [1.165, 1.54) is 23.5 Å². The molecule has 4 aromatic carbocycles. The summed E-state index contributed by atoms with van der Waals surface area (Å²) < 4.78 is 27.4. The minimum absolute atomic E-state index is 0.0464. The smallest absolute Gasteiger partial charge is 0.280 e. The molecule has 12 heteroatoms. The molecule has 0 saturated heterocycles. The highest BCUT2D eigenvalue weighted by Gasteiger charge is 2.40.